The van der Waals surface area contributed by atoms with Crippen molar-refractivity contribution in [2.45, 2.75) is 39.7 Å². The highest BCUT2D eigenvalue weighted by Crippen LogP contribution is 2.27. The summed E-state index contributed by atoms with van der Waals surface area (Å²) < 4.78 is 11.5. The maximum Gasteiger partial charge on any atom is 0.287 e. The SMILES string of the molecule is Cc1ccc2c(C)c(C(=O)NC[C@H](c3ccc(C(C)C)cc3)N3CCOCC3)oc2c1. The van der Waals surface area contributed by atoms with Crippen LogP contribution in [-0.2, 0) is 4.74 Å². The number of furan rings is 1. The van der Waals surface area contributed by atoms with Crippen LogP contribution in [0.2, 0.25) is 0 Å². The molecule has 0 aliphatic carbocycles. The van der Waals surface area contributed by atoms with E-state index in [1.165, 1.54) is 11.1 Å². The van der Waals surface area contributed by atoms with Crippen LogP contribution < -0.4 is 5.32 Å². The van der Waals surface area contributed by atoms with E-state index in [1.54, 1.807) is 0 Å². The van der Waals surface area contributed by atoms with Gasteiger partial charge in [0.25, 0.3) is 5.91 Å². The van der Waals surface area contributed by atoms with Gasteiger partial charge in [0.05, 0.1) is 19.3 Å². The standard InChI is InChI=1S/C26H32N2O3/c1-17(2)20-6-8-21(9-7-20)23(28-11-13-30-14-12-28)16-27-26(29)25-19(4)22-10-5-18(3)15-24(22)31-25/h5-10,15,17,23H,11-14,16H2,1-4H3,(H,27,29)/t23-/m1/s1. The fraction of sp³-hybridized carbons (Fsp3) is 0.423. The average Bonchev–Trinajstić information content (AvgIpc) is 3.10. The quantitative estimate of drug-likeness (QED) is 0.611. The number of morpholine rings is 1. The molecule has 1 fully saturated rings. The predicted octanol–water partition coefficient (Wildman–Crippen LogP) is 4.98. The maximum atomic E-state index is 13.0. The fourth-order valence-electron chi connectivity index (χ4n) is 4.27. The van der Waals surface area contributed by atoms with Crippen LogP contribution in [0.4, 0.5) is 0 Å². The average molecular weight is 421 g/mol. The molecule has 1 aliphatic rings. The summed E-state index contributed by atoms with van der Waals surface area (Å²) >= 11 is 0. The molecule has 5 heteroatoms. The second-order valence-corrected chi connectivity index (χ2v) is 8.75. The Balaban J connectivity index is 1.54. The number of benzene rings is 2. The minimum absolute atomic E-state index is 0.0981. The van der Waals surface area contributed by atoms with Crippen LogP contribution >= 0.6 is 0 Å². The summed E-state index contributed by atoms with van der Waals surface area (Å²) in [6, 6.07) is 14.9. The van der Waals surface area contributed by atoms with Crippen molar-refractivity contribution in [3.8, 4) is 0 Å². The molecule has 1 N–H and O–H groups in total. The summed E-state index contributed by atoms with van der Waals surface area (Å²) in [7, 11) is 0. The van der Waals surface area contributed by atoms with Gasteiger partial charge in [0.2, 0.25) is 0 Å². The van der Waals surface area contributed by atoms with Gasteiger partial charge in [-0.15, -0.1) is 0 Å². The third-order valence-corrected chi connectivity index (χ3v) is 6.23. The van der Waals surface area contributed by atoms with E-state index in [1.807, 2.05) is 32.0 Å². The number of carbonyl (C=O) groups is 1. The van der Waals surface area contributed by atoms with Crippen LogP contribution in [0.5, 0.6) is 0 Å². The van der Waals surface area contributed by atoms with Crippen molar-refractivity contribution in [1.82, 2.24) is 10.2 Å². The van der Waals surface area contributed by atoms with E-state index in [9.17, 15) is 4.79 Å². The van der Waals surface area contributed by atoms with Gasteiger partial charge in [-0.3, -0.25) is 9.69 Å². The summed E-state index contributed by atoms with van der Waals surface area (Å²) in [5, 5.41) is 4.12. The zero-order chi connectivity index (χ0) is 22.0. The summed E-state index contributed by atoms with van der Waals surface area (Å²) in [4.78, 5) is 15.4. The molecule has 2 aromatic carbocycles. The molecule has 0 bridgehead atoms. The highest BCUT2D eigenvalue weighted by molar-refractivity contribution is 5.99. The van der Waals surface area contributed by atoms with Crippen molar-refractivity contribution in [3.63, 3.8) is 0 Å². The number of hydrogen-bond donors (Lipinski definition) is 1. The Morgan fingerprint density at radius 3 is 2.39 bits per heavy atom. The van der Waals surface area contributed by atoms with Gasteiger partial charge in [-0.05, 0) is 42.5 Å². The molecule has 3 aromatic rings. The number of ether oxygens (including phenoxy) is 1. The van der Waals surface area contributed by atoms with Crippen LogP contribution in [-0.4, -0.2) is 43.7 Å². The smallest absolute Gasteiger partial charge is 0.287 e. The number of amides is 1. The lowest BCUT2D eigenvalue weighted by atomic mass is 9.98. The fourth-order valence-corrected chi connectivity index (χ4v) is 4.27. The van der Waals surface area contributed by atoms with Crippen LogP contribution in [0.1, 0.15) is 58.6 Å². The zero-order valence-electron chi connectivity index (χ0n) is 18.9. The van der Waals surface area contributed by atoms with Gasteiger partial charge in [0.1, 0.15) is 5.58 Å². The molecule has 164 valence electrons. The lowest BCUT2D eigenvalue weighted by Gasteiger charge is -2.35. The molecule has 0 unspecified atom stereocenters. The molecule has 1 aliphatic heterocycles. The van der Waals surface area contributed by atoms with E-state index in [0.717, 1.165) is 48.4 Å². The first-order chi connectivity index (χ1) is 14.9. The van der Waals surface area contributed by atoms with E-state index in [0.29, 0.717) is 18.2 Å². The van der Waals surface area contributed by atoms with E-state index in [2.05, 4.69) is 48.3 Å². The Bertz CT molecular complexity index is 1050. The molecule has 2 heterocycles. The minimum Gasteiger partial charge on any atom is -0.451 e. The van der Waals surface area contributed by atoms with Crippen molar-refractivity contribution < 1.29 is 13.9 Å². The van der Waals surface area contributed by atoms with Gasteiger partial charge in [0.15, 0.2) is 5.76 Å². The number of hydrogen-bond acceptors (Lipinski definition) is 4. The number of fused-ring (bicyclic) bond motifs is 1. The van der Waals surface area contributed by atoms with Gasteiger partial charge in [-0.2, -0.15) is 0 Å². The highest BCUT2D eigenvalue weighted by Gasteiger charge is 2.25. The lowest BCUT2D eigenvalue weighted by molar-refractivity contribution is 0.0161. The molecule has 1 atom stereocenters. The van der Waals surface area contributed by atoms with Gasteiger partial charge >= 0.3 is 0 Å². The summed E-state index contributed by atoms with van der Waals surface area (Å²) in [6.45, 7) is 12.0. The van der Waals surface area contributed by atoms with Crippen molar-refractivity contribution in [2.75, 3.05) is 32.8 Å². The Morgan fingerprint density at radius 1 is 1.03 bits per heavy atom. The first-order valence-electron chi connectivity index (χ1n) is 11.1. The predicted molar refractivity (Wildman–Crippen MR) is 124 cm³/mol. The largest absolute Gasteiger partial charge is 0.451 e. The molecular formula is C26H32N2O3. The maximum absolute atomic E-state index is 13.0. The molecule has 0 saturated carbocycles. The topological polar surface area (TPSA) is 54.7 Å². The van der Waals surface area contributed by atoms with Gasteiger partial charge in [0, 0.05) is 30.6 Å². The van der Waals surface area contributed by atoms with Crippen molar-refractivity contribution in [3.05, 3.63) is 70.5 Å². The Hall–Kier alpha value is -2.63. The van der Waals surface area contributed by atoms with Crippen molar-refractivity contribution in [2.24, 2.45) is 0 Å². The zero-order valence-corrected chi connectivity index (χ0v) is 18.9. The molecule has 5 nitrogen and oxygen atoms in total. The molecule has 0 spiro atoms. The van der Waals surface area contributed by atoms with Crippen LogP contribution in [0.25, 0.3) is 11.0 Å². The van der Waals surface area contributed by atoms with Gasteiger partial charge in [-0.25, -0.2) is 0 Å². The first kappa shape index (κ1) is 21.6. The highest BCUT2D eigenvalue weighted by atomic mass is 16.5. The second-order valence-electron chi connectivity index (χ2n) is 8.75. The van der Waals surface area contributed by atoms with Crippen molar-refractivity contribution in [1.29, 1.82) is 0 Å². The van der Waals surface area contributed by atoms with E-state index >= 15 is 0 Å². The summed E-state index contributed by atoms with van der Waals surface area (Å²) in [5.41, 5.74) is 5.30. The molecule has 1 saturated heterocycles. The molecule has 4 rings (SSSR count). The third-order valence-electron chi connectivity index (χ3n) is 6.23. The molecule has 31 heavy (non-hydrogen) atoms. The van der Waals surface area contributed by atoms with Crippen molar-refractivity contribution >= 4 is 16.9 Å². The molecule has 1 aromatic heterocycles. The van der Waals surface area contributed by atoms with Gasteiger partial charge < -0.3 is 14.5 Å². The number of carbonyl (C=O) groups excluding carboxylic acids is 1. The Kier molecular flexibility index (Phi) is 6.44. The number of rotatable bonds is 6. The number of nitrogens with one attached hydrogen (secondary N) is 1. The Morgan fingerprint density at radius 2 is 1.71 bits per heavy atom. The van der Waals surface area contributed by atoms with E-state index < -0.39 is 0 Å². The van der Waals surface area contributed by atoms with Gasteiger partial charge in [-0.1, -0.05) is 50.2 Å². The molecule has 1 amide bonds. The normalized spacial score (nSPS) is 16.0. The van der Waals surface area contributed by atoms with Crippen LogP contribution in [0, 0.1) is 13.8 Å². The van der Waals surface area contributed by atoms with Crippen LogP contribution in [0.3, 0.4) is 0 Å². The number of nitrogens with zero attached hydrogens (tertiary/aromatic N) is 1. The molecule has 0 radical (unpaired) electrons. The molecular weight excluding hydrogens is 388 g/mol. The summed E-state index contributed by atoms with van der Waals surface area (Å²) in [5.74, 6) is 0.732. The minimum atomic E-state index is -0.164. The summed E-state index contributed by atoms with van der Waals surface area (Å²) in [6.07, 6.45) is 0. The third kappa shape index (κ3) is 4.68. The number of aryl methyl sites for hydroxylation is 2. The monoisotopic (exact) mass is 420 g/mol. The first-order valence-corrected chi connectivity index (χ1v) is 11.1. The van der Waals surface area contributed by atoms with E-state index in [-0.39, 0.29) is 11.9 Å². The second kappa shape index (κ2) is 9.25. The van der Waals surface area contributed by atoms with E-state index in [4.69, 9.17) is 9.15 Å². The van der Waals surface area contributed by atoms with Crippen LogP contribution in [0.15, 0.2) is 46.9 Å². The Labute approximate surface area is 184 Å². The lowest BCUT2D eigenvalue weighted by Crippen LogP contribution is -2.43.